The average Bonchev–Trinajstić information content (AvgIpc) is 2.48. The molecule has 0 fully saturated rings. The van der Waals surface area contributed by atoms with Crippen molar-refractivity contribution < 1.29 is 13.5 Å². The number of nitrogens with one attached hydrogen (secondary N) is 1. The van der Waals surface area contributed by atoms with Gasteiger partial charge in [0.05, 0.1) is 13.2 Å². The average molecular weight is 356 g/mol. The molecular weight excluding hydrogens is 340 g/mol. The molecule has 1 unspecified atom stereocenters. The van der Waals surface area contributed by atoms with E-state index in [4.69, 9.17) is 4.74 Å². The van der Waals surface area contributed by atoms with E-state index in [2.05, 4.69) is 21.2 Å². The van der Waals surface area contributed by atoms with Gasteiger partial charge < -0.3 is 10.1 Å². The van der Waals surface area contributed by atoms with Crippen LogP contribution in [0.1, 0.15) is 24.1 Å². The van der Waals surface area contributed by atoms with Gasteiger partial charge in [0.1, 0.15) is 5.82 Å². The highest BCUT2D eigenvalue weighted by molar-refractivity contribution is 9.10. The normalized spacial score (nSPS) is 12.2. The van der Waals surface area contributed by atoms with Crippen molar-refractivity contribution in [1.82, 2.24) is 5.32 Å². The molecule has 5 heteroatoms. The molecule has 0 saturated carbocycles. The van der Waals surface area contributed by atoms with Crippen molar-refractivity contribution in [2.24, 2.45) is 0 Å². The van der Waals surface area contributed by atoms with Crippen molar-refractivity contribution in [1.29, 1.82) is 0 Å². The Morgan fingerprint density at radius 1 is 1.19 bits per heavy atom. The van der Waals surface area contributed by atoms with E-state index in [1.54, 1.807) is 24.3 Å². The van der Waals surface area contributed by atoms with Crippen molar-refractivity contribution in [3.05, 3.63) is 63.6 Å². The third-order valence-electron chi connectivity index (χ3n) is 3.20. The molecule has 0 amide bonds. The fourth-order valence-electron chi connectivity index (χ4n) is 2.24. The number of benzene rings is 2. The predicted molar refractivity (Wildman–Crippen MR) is 82.6 cm³/mol. The molecule has 0 spiro atoms. The van der Waals surface area contributed by atoms with Crippen LogP contribution in [0.5, 0.6) is 5.75 Å². The van der Waals surface area contributed by atoms with Crippen LogP contribution in [0.25, 0.3) is 0 Å². The molecule has 1 N–H and O–H groups in total. The van der Waals surface area contributed by atoms with Crippen molar-refractivity contribution in [3.8, 4) is 5.75 Å². The van der Waals surface area contributed by atoms with E-state index in [-0.39, 0.29) is 11.6 Å². The van der Waals surface area contributed by atoms with Gasteiger partial charge in [-0.2, -0.15) is 0 Å². The first-order valence-corrected chi connectivity index (χ1v) is 7.38. The van der Waals surface area contributed by atoms with Gasteiger partial charge in [-0.25, -0.2) is 8.78 Å². The highest BCUT2D eigenvalue weighted by atomic mass is 79.9. The van der Waals surface area contributed by atoms with E-state index in [0.29, 0.717) is 17.7 Å². The molecule has 0 aliphatic carbocycles. The van der Waals surface area contributed by atoms with Crippen molar-refractivity contribution in [3.63, 3.8) is 0 Å². The minimum atomic E-state index is -0.463. The van der Waals surface area contributed by atoms with Crippen molar-refractivity contribution >= 4 is 15.9 Å². The summed E-state index contributed by atoms with van der Waals surface area (Å²) in [6, 6.07) is 8.86. The van der Waals surface area contributed by atoms with Crippen LogP contribution in [0.4, 0.5) is 8.78 Å². The number of hydrogen-bond acceptors (Lipinski definition) is 2. The predicted octanol–water partition coefficient (Wildman–Crippen LogP) is 4.43. The standard InChI is InChI=1S/C16H16BrF2NO/c1-3-20-16(12-9-10(18)7-8-13(12)17)11-5-4-6-14(21-2)15(11)19/h4-9,16,20H,3H2,1-2H3. The molecule has 0 bridgehead atoms. The molecule has 0 aliphatic heterocycles. The molecule has 0 saturated heterocycles. The van der Waals surface area contributed by atoms with Crippen LogP contribution in [0.2, 0.25) is 0 Å². The van der Waals surface area contributed by atoms with Gasteiger partial charge in [-0.15, -0.1) is 0 Å². The summed E-state index contributed by atoms with van der Waals surface area (Å²) in [4.78, 5) is 0. The van der Waals surface area contributed by atoms with Gasteiger partial charge in [-0.3, -0.25) is 0 Å². The third-order valence-corrected chi connectivity index (χ3v) is 3.92. The molecule has 2 aromatic rings. The molecule has 0 heterocycles. The number of halogens is 3. The Morgan fingerprint density at radius 3 is 2.62 bits per heavy atom. The zero-order chi connectivity index (χ0) is 15.4. The summed E-state index contributed by atoms with van der Waals surface area (Å²) in [5, 5.41) is 3.18. The summed E-state index contributed by atoms with van der Waals surface area (Å²) in [5.74, 6) is -0.635. The first-order chi connectivity index (χ1) is 10.1. The second kappa shape index (κ2) is 7.00. The SMILES string of the molecule is CCNC(c1cc(F)ccc1Br)c1cccc(OC)c1F. The van der Waals surface area contributed by atoms with Crippen LogP contribution in [-0.4, -0.2) is 13.7 Å². The van der Waals surface area contributed by atoms with Gasteiger partial charge in [0.15, 0.2) is 11.6 Å². The van der Waals surface area contributed by atoms with E-state index < -0.39 is 11.9 Å². The highest BCUT2D eigenvalue weighted by Crippen LogP contribution is 2.33. The fourth-order valence-corrected chi connectivity index (χ4v) is 2.71. The summed E-state index contributed by atoms with van der Waals surface area (Å²) in [7, 11) is 1.42. The maximum Gasteiger partial charge on any atom is 0.170 e. The third kappa shape index (κ3) is 3.41. The Hall–Kier alpha value is -1.46. The molecule has 0 aromatic heterocycles. The second-order valence-corrected chi connectivity index (χ2v) is 5.37. The molecular formula is C16H16BrF2NO. The lowest BCUT2D eigenvalue weighted by molar-refractivity contribution is 0.381. The second-order valence-electron chi connectivity index (χ2n) is 4.52. The molecule has 2 nitrogen and oxygen atoms in total. The van der Waals surface area contributed by atoms with Gasteiger partial charge in [0, 0.05) is 10.0 Å². The monoisotopic (exact) mass is 355 g/mol. The van der Waals surface area contributed by atoms with Crippen LogP contribution >= 0.6 is 15.9 Å². The minimum Gasteiger partial charge on any atom is -0.494 e. The lowest BCUT2D eigenvalue weighted by Crippen LogP contribution is -2.23. The maximum absolute atomic E-state index is 14.5. The zero-order valence-corrected chi connectivity index (χ0v) is 13.4. The van der Waals surface area contributed by atoms with E-state index in [1.165, 1.54) is 19.2 Å². The lowest BCUT2D eigenvalue weighted by Gasteiger charge is -2.21. The van der Waals surface area contributed by atoms with Gasteiger partial charge in [-0.05, 0) is 36.4 Å². The summed E-state index contributed by atoms with van der Waals surface area (Å²) in [6.07, 6.45) is 0. The van der Waals surface area contributed by atoms with E-state index >= 15 is 0 Å². The Balaban J connectivity index is 2.56. The number of methoxy groups -OCH3 is 1. The Labute approximate surface area is 131 Å². The van der Waals surface area contributed by atoms with E-state index in [1.807, 2.05) is 6.92 Å². The largest absolute Gasteiger partial charge is 0.494 e. The van der Waals surface area contributed by atoms with Crippen LogP contribution in [0, 0.1) is 11.6 Å². The summed E-state index contributed by atoms with van der Waals surface area (Å²) in [5.41, 5.74) is 1.06. The molecule has 2 rings (SSSR count). The Kier molecular flexibility index (Phi) is 5.31. The highest BCUT2D eigenvalue weighted by Gasteiger charge is 2.21. The molecule has 21 heavy (non-hydrogen) atoms. The summed E-state index contributed by atoms with van der Waals surface area (Å²) in [6.45, 7) is 2.53. The van der Waals surface area contributed by atoms with Gasteiger partial charge >= 0.3 is 0 Å². The molecule has 0 aliphatic rings. The van der Waals surface area contributed by atoms with Crippen LogP contribution in [0.15, 0.2) is 40.9 Å². The molecule has 2 aromatic carbocycles. The quantitative estimate of drug-likeness (QED) is 0.856. The lowest BCUT2D eigenvalue weighted by atomic mass is 9.97. The van der Waals surface area contributed by atoms with Crippen molar-refractivity contribution in [2.75, 3.05) is 13.7 Å². The Morgan fingerprint density at radius 2 is 1.95 bits per heavy atom. The van der Waals surface area contributed by atoms with Crippen LogP contribution in [0.3, 0.4) is 0 Å². The molecule has 112 valence electrons. The molecule has 0 radical (unpaired) electrons. The first-order valence-electron chi connectivity index (χ1n) is 6.59. The summed E-state index contributed by atoms with van der Waals surface area (Å²) >= 11 is 3.40. The Bertz CT molecular complexity index is 634. The minimum absolute atomic E-state index is 0.169. The number of rotatable bonds is 5. The van der Waals surface area contributed by atoms with Crippen molar-refractivity contribution in [2.45, 2.75) is 13.0 Å². The van der Waals surface area contributed by atoms with E-state index in [9.17, 15) is 8.78 Å². The zero-order valence-electron chi connectivity index (χ0n) is 11.8. The van der Waals surface area contributed by atoms with E-state index in [0.717, 1.165) is 4.47 Å². The number of ether oxygens (including phenoxy) is 1. The molecule has 1 atom stereocenters. The fraction of sp³-hybridized carbons (Fsp3) is 0.250. The number of hydrogen-bond donors (Lipinski definition) is 1. The van der Waals surface area contributed by atoms with Crippen LogP contribution in [-0.2, 0) is 0 Å². The topological polar surface area (TPSA) is 21.3 Å². The van der Waals surface area contributed by atoms with Gasteiger partial charge in [0.25, 0.3) is 0 Å². The van der Waals surface area contributed by atoms with Gasteiger partial charge in [-0.1, -0.05) is 35.0 Å². The maximum atomic E-state index is 14.5. The smallest absolute Gasteiger partial charge is 0.170 e. The summed E-state index contributed by atoms with van der Waals surface area (Å²) < 4.78 is 33.8. The van der Waals surface area contributed by atoms with Gasteiger partial charge in [0.2, 0.25) is 0 Å². The first kappa shape index (κ1) is 15.9. The van der Waals surface area contributed by atoms with Crippen LogP contribution < -0.4 is 10.1 Å².